The maximum absolute atomic E-state index is 11.0. The Hall–Kier alpha value is -1.40. The van der Waals surface area contributed by atoms with E-state index in [9.17, 15) is 4.79 Å². The molecule has 16 heavy (non-hydrogen) atoms. The van der Waals surface area contributed by atoms with E-state index < -0.39 is 0 Å². The van der Waals surface area contributed by atoms with E-state index in [1.54, 1.807) is 11.3 Å². The van der Waals surface area contributed by atoms with Crippen LogP contribution < -0.4 is 5.32 Å². The largest absolute Gasteiger partial charge is 0.469 e. The lowest BCUT2D eigenvalue weighted by molar-refractivity contribution is -0.139. The molecule has 0 bridgehead atoms. The number of esters is 1. The number of ether oxygens (including phenoxy) is 1. The Balaban J connectivity index is 1.99. The lowest BCUT2D eigenvalue weighted by Crippen LogP contribution is -2.04. The van der Waals surface area contributed by atoms with Crippen LogP contribution in [0.2, 0.25) is 0 Å². The zero-order chi connectivity index (χ0) is 11.4. The average molecular weight is 254 g/mol. The molecule has 2 heterocycles. The Morgan fingerprint density at radius 1 is 1.56 bits per heavy atom. The monoisotopic (exact) mass is 254 g/mol. The van der Waals surface area contributed by atoms with Crippen molar-refractivity contribution >= 4 is 39.5 Å². The van der Waals surface area contributed by atoms with Gasteiger partial charge in [-0.25, -0.2) is 4.98 Å². The van der Waals surface area contributed by atoms with E-state index in [1.807, 2.05) is 22.2 Å². The summed E-state index contributed by atoms with van der Waals surface area (Å²) in [6.07, 6.45) is 0.221. The Morgan fingerprint density at radius 3 is 3.12 bits per heavy atom. The van der Waals surface area contributed by atoms with E-state index in [0.717, 1.165) is 16.5 Å². The van der Waals surface area contributed by atoms with E-state index in [1.165, 1.54) is 18.4 Å². The lowest BCUT2D eigenvalue weighted by Gasteiger charge is -1.97. The number of hydrogen-bond acceptors (Lipinski definition) is 6. The Labute approximate surface area is 101 Å². The predicted octanol–water partition coefficient (Wildman–Crippen LogP) is 2.66. The predicted molar refractivity (Wildman–Crippen MR) is 65.4 cm³/mol. The van der Waals surface area contributed by atoms with Crippen molar-refractivity contribution in [2.45, 2.75) is 6.42 Å². The zero-order valence-electron chi connectivity index (χ0n) is 8.60. The van der Waals surface area contributed by atoms with Crippen molar-refractivity contribution < 1.29 is 9.53 Å². The second-order valence-corrected chi connectivity index (χ2v) is 4.67. The molecule has 2 aromatic rings. The summed E-state index contributed by atoms with van der Waals surface area (Å²) >= 11 is 3.10. The van der Waals surface area contributed by atoms with Gasteiger partial charge < -0.3 is 10.1 Å². The van der Waals surface area contributed by atoms with Crippen LogP contribution in [0.1, 0.15) is 5.69 Å². The van der Waals surface area contributed by atoms with Crippen LogP contribution in [-0.2, 0) is 16.0 Å². The highest BCUT2D eigenvalue weighted by Gasteiger charge is 2.07. The van der Waals surface area contributed by atoms with Crippen LogP contribution in [0.25, 0.3) is 0 Å². The third-order valence-corrected chi connectivity index (χ3v) is 3.37. The second-order valence-electron chi connectivity index (χ2n) is 3.03. The summed E-state index contributed by atoms with van der Waals surface area (Å²) in [5.41, 5.74) is 1.75. The summed E-state index contributed by atoms with van der Waals surface area (Å²) in [5, 5.41) is 9.80. The van der Waals surface area contributed by atoms with E-state index in [4.69, 9.17) is 0 Å². The van der Waals surface area contributed by atoms with E-state index in [2.05, 4.69) is 15.0 Å². The summed E-state index contributed by atoms with van der Waals surface area (Å²) in [6.45, 7) is 0. The van der Waals surface area contributed by atoms with Crippen molar-refractivity contribution in [1.29, 1.82) is 0 Å². The lowest BCUT2D eigenvalue weighted by atomic mass is 10.3. The number of nitrogens with zero attached hydrogens (tertiary/aromatic N) is 1. The highest BCUT2D eigenvalue weighted by atomic mass is 32.1. The molecule has 1 N–H and O–H groups in total. The highest BCUT2D eigenvalue weighted by molar-refractivity contribution is 7.13. The molecule has 0 aliphatic heterocycles. The van der Waals surface area contributed by atoms with Crippen LogP contribution in [0.4, 0.5) is 10.8 Å². The molecule has 4 nitrogen and oxygen atoms in total. The maximum atomic E-state index is 11.0. The number of rotatable bonds is 4. The van der Waals surface area contributed by atoms with Crippen LogP contribution in [0.5, 0.6) is 0 Å². The van der Waals surface area contributed by atoms with Crippen molar-refractivity contribution in [3.05, 3.63) is 27.9 Å². The molecule has 0 saturated heterocycles. The number of methoxy groups -OCH3 is 1. The molecule has 84 valence electrons. The standard InChI is InChI=1S/C10H10N2O2S2/c1-14-9(13)4-8-6-16-10(12-8)11-7-2-3-15-5-7/h2-3,5-6H,4H2,1H3,(H,11,12). The number of hydrogen-bond donors (Lipinski definition) is 1. The molecule has 2 rings (SSSR count). The van der Waals surface area contributed by atoms with Crippen molar-refractivity contribution in [3.63, 3.8) is 0 Å². The number of nitrogens with one attached hydrogen (secondary N) is 1. The van der Waals surface area contributed by atoms with Gasteiger partial charge in [0.15, 0.2) is 5.13 Å². The van der Waals surface area contributed by atoms with Crippen molar-refractivity contribution in [2.75, 3.05) is 12.4 Å². The van der Waals surface area contributed by atoms with Gasteiger partial charge in [-0.2, -0.15) is 11.3 Å². The molecule has 0 radical (unpaired) electrons. The molecule has 0 aliphatic rings. The van der Waals surface area contributed by atoms with Gasteiger partial charge in [0, 0.05) is 10.8 Å². The summed E-state index contributed by atoms with van der Waals surface area (Å²) in [6, 6.07) is 1.98. The molecule has 0 unspecified atom stereocenters. The number of carbonyl (C=O) groups excluding carboxylic acids is 1. The average Bonchev–Trinajstić information content (AvgIpc) is 2.91. The Bertz CT molecular complexity index is 465. The molecular weight excluding hydrogens is 244 g/mol. The van der Waals surface area contributed by atoms with Gasteiger partial charge in [0.25, 0.3) is 0 Å². The SMILES string of the molecule is COC(=O)Cc1csc(Nc2ccsc2)n1. The smallest absolute Gasteiger partial charge is 0.311 e. The number of carbonyl (C=O) groups is 1. The van der Waals surface area contributed by atoms with Gasteiger partial charge in [-0.1, -0.05) is 0 Å². The van der Waals surface area contributed by atoms with Crippen molar-refractivity contribution in [2.24, 2.45) is 0 Å². The Morgan fingerprint density at radius 2 is 2.44 bits per heavy atom. The molecule has 0 amide bonds. The van der Waals surface area contributed by atoms with Gasteiger partial charge in [-0.3, -0.25) is 4.79 Å². The summed E-state index contributed by atoms with van der Waals surface area (Å²) in [7, 11) is 1.37. The van der Waals surface area contributed by atoms with Crippen LogP contribution in [0, 0.1) is 0 Å². The molecule has 0 aromatic carbocycles. The van der Waals surface area contributed by atoms with Gasteiger partial charge in [0.05, 0.1) is 24.9 Å². The minimum Gasteiger partial charge on any atom is -0.469 e. The van der Waals surface area contributed by atoms with Gasteiger partial charge in [-0.15, -0.1) is 11.3 Å². The van der Waals surface area contributed by atoms with Crippen LogP contribution in [-0.4, -0.2) is 18.1 Å². The molecule has 0 aliphatic carbocycles. The summed E-state index contributed by atoms with van der Waals surface area (Å²) in [5.74, 6) is -0.271. The highest BCUT2D eigenvalue weighted by Crippen LogP contribution is 2.22. The molecule has 0 saturated carbocycles. The number of aromatic nitrogens is 1. The van der Waals surface area contributed by atoms with Crippen molar-refractivity contribution in [1.82, 2.24) is 4.98 Å². The number of thiazole rings is 1. The first-order chi connectivity index (χ1) is 7.78. The summed E-state index contributed by atoms with van der Waals surface area (Å²) < 4.78 is 4.58. The first-order valence-corrected chi connectivity index (χ1v) is 6.40. The number of anilines is 2. The first-order valence-electron chi connectivity index (χ1n) is 4.58. The van der Waals surface area contributed by atoms with Crippen molar-refractivity contribution in [3.8, 4) is 0 Å². The minimum atomic E-state index is -0.271. The van der Waals surface area contributed by atoms with E-state index in [-0.39, 0.29) is 12.4 Å². The van der Waals surface area contributed by atoms with E-state index in [0.29, 0.717) is 0 Å². The van der Waals surface area contributed by atoms with Crippen LogP contribution >= 0.6 is 22.7 Å². The minimum absolute atomic E-state index is 0.221. The molecule has 6 heteroatoms. The van der Waals surface area contributed by atoms with Gasteiger partial charge in [-0.05, 0) is 11.4 Å². The topological polar surface area (TPSA) is 51.2 Å². The van der Waals surface area contributed by atoms with E-state index >= 15 is 0 Å². The Kier molecular flexibility index (Phi) is 3.53. The quantitative estimate of drug-likeness (QED) is 0.852. The fourth-order valence-corrected chi connectivity index (χ4v) is 2.44. The zero-order valence-corrected chi connectivity index (χ0v) is 10.2. The first kappa shape index (κ1) is 11.1. The molecule has 0 atom stereocenters. The number of thiophene rings is 1. The van der Waals surface area contributed by atoms with Gasteiger partial charge in [0.1, 0.15) is 0 Å². The molecule has 2 aromatic heterocycles. The maximum Gasteiger partial charge on any atom is 0.311 e. The third kappa shape index (κ3) is 2.80. The molecule has 0 fully saturated rings. The molecular formula is C10H10N2O2S2. The fourth-order valence-electron chi connectivity index (χ4n) is 1.12. The second kappa shape index (κ2) is 5.09. The van der Waals surface area contributed by atoms with Crippen LogP contribution in [0.15, 0.2) is 22.2 Å². The van der Waals surface area contributed by atoms with Gasteiger partial charge in [0.2, 0.25) is 0 Å². The third-order valence-electron chi connectivity index (χ3n) is 1.88. The van der Waals surface area contributed by atoms with Crippen LogP contribution in [0.3, 0.4) is 0 Å². The fraction of sp³-hybridized carbons (Fsp3) is 0.200. The normalized spacial score (nSPS) is 10.1. The molecule has 0 spiro atoms. The van der Waals surface area contributed by atoms with Gasteiger partial charge >= 0.3 is 5.97 Å². The summed E-state index contributed by atoms with van der Waals surface area (Å²) in [4.78, 5) is 15.3.